The van der Waals surface area contributed by atoms with E-state index in [9.17, 15) is 5.11 Å². The van der Waals surface area contributed by atoms with Gasteiger partial charge in [-0.15, -0.1) is 0 Å². The summed E-state index contributed by atoms with van der Waals surface area (Å²) in [5.74, 6) is 0. The number of aryl methyl sites for hydroxylation is 1. The summed E-state index contributed by atoms with van der Waals surface area (Å²) in [6.07, 6.45) is 4.39. The second-order valence-electron chi connectivity index (χ2n) is 7.29. The Balaban J connectivity index is 1.43. The Morgan fingerprint density at radius 2 is 2.15 bits per heavy atom. The third-order valence-corrected chi connectivity index (χ3v) is 4.88. The molecule has 1 fully saturated rings. The number of benzene rings is 1. The molecule has 6 heteroatoms. The van der Waals surface area contributed by atoms with E-state index in [1.165, 1.54) is 0 Å². The minimum atomic E-state index is -0.506. The van der Waals surface area contributed by atoms with Crippen LogP contribution in [0.4, 0.5) is 0 Å². The molecule has 27 heavy (non-hydrogen) atoms. The number of ether oxygens (including phenoxy) is 2. The van der Waals surface area contributed by atoms with Crippen molar-refractivity contribution < 1.29 is 14.6 Å². The van der Waals surface area contributed by atoms with Crippen LogP contribution in [-0.2, 0) is 16.0 Å². The summed E-state index contributed by atoms with van der Waals surface area (Å²) in [6.45, 7) is 8.13. The summed E-state index contributed by atoms with van der Waals surface area (Å²) in [5.41, 5.74) is 2.31. The fourth-order valence-corrected chi connectivity index (χ4v) is 3.53. The van der Waals surface area contributed by atoms with Crippen molar-refractivity contribution >= 4 is 0 Å². The molecule has 0 bridgehead atoms. The molecule has 0 amide bonds. The van der Waals surface area contributed by atoms with Gasteiger partial charge in [0.05, 0.1) is 44.3 Å². The van der Waals surface area contributed by atoms with Crippen molar-refractivity contribution in [2.75, 3.05) is 32.8 Å². The molecule has 0 aliphatic carbocycles. The van der Waals surface area contributed by atoms with E-state index in [0.717, 1.165) is 37.2 Å². The van der Waals surface area contributed by atoms with E-state index >= 15 is 0 Å². The Morgan fingerprint density at radius 1 is 1.33 bits per heavy atom. The molecule has 148 valence electrons. The Morgan fingerprint density at radius 3 is 2.85 bits per heavy atom. The Bertz CT molecular complexity index is 676. The van der Waals surface area contributed by atoms with Crippen LogP contribution in [0.1, 0.15) is 30.6 Å². The van der Waals surface area contributed by atoms with Crippen molar-refractivity contribution in [1.82, 2.24) is 14.7 Å². The summed E-state index contributed by atoms with van der Waals surface area (Å²) in [4.78, 5) is 2.25. The third kappa shape index (κ3) is 6.14. The van der Waals surface area contributed by atoms with Gasteiger partial charge in [-0.25, -0.2) is 0 Å². The number of hydrogen-bond acceptors (Lipinski definition) is 5. The Kier molecular flexibility index (Phi) is 7.41. The van der Waals surface area contributed by atoms with Crippen molar-refractivity contribution in [3.8, 4) is 0 Å². The van der Waals surface area contributed by atoms with Crippen molar-refractivity contribution in [1.29, 1.82) is 0 Å². The Hall–Kier alpha value is -1.73. The van der Waals surface area contributed by atoms with Gasteiger partial charge in [-0.3, -0.25) is 9.58 Å². The van der Waals surface area contributed by atoms with Crippen LogP contribution in [-0.4, -0.2) is 64.8 Å². The lowest BCUT2D eigenvalue weighted by Gasteiger charge is -2.34. The summed E-state index contributed by atoms with van der Waals surface area (Å²) in [5, 5.41) is 14.8. The van der Waals surface area contributed by atoms with E-state index in [1.54, 1.807) is 0 Å². The van der Waals surface area contributed by atoms with Gasteiger partial charge in [-0.2, -0.15) is 5.10 Å². The van der Waals surface area contributed by atoms with Crippen LogP contribution in [0.25, 0.3) is 0 Å². The lowest BCUT2D eigenvalue weighted by molar-refractivity contribution is -0.0651. The third-order valence-electron chi connectivity index (χ3n) is 4.88. The maximum atomic E-state index is 10.4. The van der Waals surface area contributed by atoms with Crippen LogP contribution in [0.3, 0.4) is 0 Å². The van der Waals surface area contributed by atoms with Gasteiger partial charge in [0.2, 0.25) is 0 Å². The van der Waals surface area contributed by atoms with Crippen LogP contribution < -0.4 is 0 Å². The zero-order chi connectivity index (χ0) is 19.1. The number of aliphatic hydroxyl groups is 1. The largest absolute Gasteiger partial charge is 0.389 e. The van der Waals surface area contributed by atoms with Gasteiger partial charge in [0, 0.05) is 25.8 Å². The van der Waals surface area contributed by atoms with Gasteiger partial charge in [0.1, 0.15) is 0 Å². The van der Waals surface area contributed by atoms with Crippen LogP contribution in [0.5, 0.6) is 0 Å². The molecule has 1 aromatic carbocycles. The zero-order valence-electron chi connectivity index (χ0n) is 16.3. The predicted octanol–water partition coefficient (Wildman–Crippen LogP) is 2.42. The second-order valence-corrected chi connectivity index (χ2v) is 7.29. The first-order valence-electron chi connectivity index (χ1n) is 9.81. The average molecular weight is 373 g/mol. The van der Waals surface area contributed by atoms with Gasteiger partial charge >= 0.3 is 0 Å². The van der Waals surface area contributed by atoms with Gasteiger partial charge in [0.15, 0.2) is 0 Å². The second kappa shape index (κ2) is 9.99. The van der Waals surface area contributed by atoms with E-state index in [2.05, 4.69) is 29.1 Å². The van der Waals surface area contributed by atoms with Gasteiger partial charge in [0.25, 0.3) is 0 Å². The van der Waals surface area contributed by atoms with Gasteiger partial charge < -0.3 is 14.6 Å². The smallest absolute Gasteiger partial charge is 0.0900 e. The highest BCUT2D eigenvalue weighted by Crippen LogP contribution is 2.20. The van der Waals surface area contributed by atoms with Crippen LogP contribution >= 0.6 is 0 Å². The summed E-state index contributed by atoms with van der Waals surface area (Å²) in [6, 6.07) is 10.2. The minimum absolute atomic E-state index is 0.0290. The molecule has 3 rings (SSSR count). The summed E-state index contributed by atoms with van der Waals surface area (Å²) >= 11 is 0. The number of aliphatic hydroxyl groups excluding tert-OH is 1. The molecular weight excluding hydrogens is 342 g/mol. The van der Waals surface area contributed by atoms with Crippen LogP contribution in [0.15, 0.2) is 42.7 Å². The molecule has 1 aromatic heterocycles. The SMILES string of the molecule is CCC(OCC(O)CN1CCOC(Cn2cc(C)cn2)C1)c1ccccc1. The molecule has 1 aliphatic rings. The van der Waals surface area contributed by atoms with E-state index in [-0.39, 0.29) is 12.2 Å². The van der Waals surface area contributed by atoms with Crippen molar-refractivity contribution in [2.24, 2.45) is 0 Å². The molecular formula is C21H31N3O3. The number of hydrogen-bond donors (Lipinski definition) is 1. The van der Waals surface area contributed by atoms with Gasteiger partial charge in [-0.05, 0) is 24.5 Å². The molecule has 0 saturated carbocycles. The van der Waals surface area contributed by atoms with Gasteiger partial charge in [-0.1, -0.05) is 37.3 Å². The van der Waals surface area contributed by atoms with Crippen molar-refractivity contribution in [3.05, 3.63) is 53.9 Å². The number of morpholine rings is 1. The normalized spacial score (nSPS) is 20.5. The number of nitrogens with zero attached hydrogens (tertiary/aromatic N) is 3. The molecule has 0 spiro atoms. The highest BCUT2D eigenvalue weighted by atomic mass is 16.5. The highest BCUT2D eigenvalue weighted by molar-refractivity contribution is 5.17. The zero-order valence-corrected chi connectivity index (χ0v) is 16.3. The Labute approximate surface area is 161 Å². The summed E-state index contributed by atoms with van der Waals surface area (Å²) in [7, 11) is 0. The molecule has 1 N–H and O–H groups in total. The van der Waals surface area contributed by atoms with E-state index in [4.69, 9.17) is 9.47 Å². The molecule has 0 radical (unpaired) electrons. The summed E-state index contributed by atoms with van der Waals surface area (Å²) < 4.78 is 13.8. The quantitative estimate of drug-likeness (QED) is 0.732. The minimum Gasteiger partial charge on any atom is -0.389 e. The molecule has 1 aliphatic heterocycles. The first-order valence-corrected chi connectivity index (χ1v) is 9.81. The first-order chi connectivity index (χ1) is 13.1. The number of aromatic nitrogens is 2. The maximum absolute atomic E-state index is 10.4. The fraction of sp³-hybridized carbons (Fsp3) is 0.571. The van der Waals surface area contributed by atoms with Crippen molar-refractivity contribution in [2.45, 2.75) is 45.1 Å². The molecule has 6 nitrogen and oxygen atoms in total. The first kappa shape index (κ1) is 20.0. The fourth-order valence-electron chi connectivity index (χ4n) is 3.53. The van der Waals surface area contributed by atoms with E-state index < -0.39 is 6.10 Å². The molecule has 2 heterocycles. The van der Waals surface area contributed by atoms with Crippen LogP contribution in [0.2, 0.25) is 0 Å². The molecule has 3 unspecified atom stereocenters. The molecule has 2 aromatic rings. The number of rotatable bonds is 9. The topological polar surface area (TPSA) is 59.8 Å². The van der Waals surface area contributed by atoms with E-state index in [1.807, 2.05) is 42.2 Å². The average Bonchev–Trinajstić information content (AvgIpc) is 3.08. The van der Waals surface area contributed by atoms with Crippen LogP contribution in [0, 0.1) is 6.92 Å². The molecule has 1 saturated heterocycles. The monoisotopic (exact) mass is 373 g/mol. The highest BCUT2D eigenvalue weighted by Gasteiger charge is 2.23. The lowest BCUT2D eigenvalue weighted by Crippen LogP contribution is -2.47. The number of β-amino-alcohol motifs (C(OH)–C–C–N with tert-alkyl or cyclic N) is 1. The van der Waals surface area contributed by atoms with E-state index in [0.29, 0.717) is 19.8 Å². The maximum Gasteiger partial charge on any atom is 0.0900 e. The predicted molar refractivity (Wildman–Crippen MR) is 105 cm³/mol. The standard InChI is InChI=1S/C21H31N3O3/c1-3-21(18-7-5-4-6-8-18)27-16-19(25)13-23-9-10-26-20(14-23)15-24-12-17(2)11-22-24/h4-8,11-12,19-21,25H,3,9-10,13-16H2,1-2H3. The molecule has 3 atom stereocenters. The van der Waals surface area contributed by atoms with Crippen molar-refractivity contribution in [3.63, 3.8) is 0 Å². The lowest BCUT2D eigenvalue weighted by atomic mass is 10.1.